The van der Waals surface area contributed by atoms with Crippen molar-refractivity contribution in [1.29, 1.82) is 0 Å². The standard InChI is InChI=1S/C23H21N3O5/c24-22(25-12-21(27)28)17-6-3-7-18(10-17)26-13-20(31-23(26)29)14-30-19-9-8-15-4-1-2-5-16(15)11-19/h1-11,20H,12-14H2,(H2,24,25)(H,27,28). The second kappa shape index (κ2) is 8.74. The van der Waals surface area contributed by atoms with Gasteiger partial charge in [-0.1, -0.05) is 42.5 Å². The van der Waals surface area contributed by atoms with Crippen LogP contribution in [0.4, 0.5) is 10.5 Å². The molecule has 0 radical (unpaired) electrons. The van der Waals surface area contributed by atoms with E-state index in [1.807, 2.05) is 42.5 Å². The van der Waals surface area contributed by atoms with Gasteiger partial charge in [-0.05, 0) is 35.0 Å². The second-order valence-electron chi connectivity index (χ2n) is 7.08. The monoisotopic (exact) mass is 419 g/mol. The van der Waals surface area contributed by atoms with Crippen LogP contribution in [0, 0.1) is 0 Å². The first-order valence-electron chi connectivity index (χ1n) is 9.71. The Bertz CT molecular complexity index is 1160. The van der Waals surface area contributed by atoms with Gasteiger partial charge in [-0.15, -0.1) is 0 Å². The third kappa shape index (κ3) is 4.75. The number of benzene rings is 3. The number of nitrogens with two attached hydrogens (primary N) is 1. The number of carbonyl (C=O) groups excluding carboxylic acids is 1. The molecule has 1 unspecified atom stereocenters. The van der Waals surface area contributed by atoms with Gasteiger partial charge in [0.1, 0.15) is 24.7 Å². The fourth-order valence-corrected chi connectivity index (χ4v) is 3.34. The van der Waals surface area contributed by atoms with Gasteiger partial charge in [-0.25, -0.2) is 4.79 Å². The molecule has 3 aromatic rings. The van der Waals surface area contributed by atoms with Gasteiger partial charge in [0.2, 0.25) is 0 Å². The molecule has 0 bridgehead atoms. The lowest BCUT2D eigenvalue weighted by Gasteiger charge is -2.14. The summed E-state index contributed by atoms with van der Waals surface area (Å²) < 4.78 is 11.3. The maximum atomic E-state index is 12.4. The number of fused-ring (bicyclic) bond motifs is 1. The lowest BCUT2D eigenvalue weighted by molar-refractivity contribution is -0.135. The van der Waals surface area contributed by atoms with E-state index in [-0.39, 0.29) is 12.4 Å². The quantitative estimate of drug-likeness (QED) is 0.449. The first kappa shape index (κ1) is 20.2. The summed E-state index contributed by atoms with van der Waals surface area (Å²) in [5.41, 5.74) is 6.97. The molecule has 8 heteroatoms. The zero-order valence-electron chi connectivity index (χ0n) is 16.6. The molecule has 1 heterocycles. The number of carboxylic acid groups (broad SMARTS) is 1. The highest BCUT2D eigenvalue weighted by molar-refractivity contribution is 6.00. The van der Waals surface area contributed by atoms with Crippen molar-refractivity contribution in [2.75, 3.05) is 24.6 Å². The van der Waals surface area contributed by atoms with E-state index in [9.17, 15) is 9.59 Å². The van der Waals surface area contributed by atoms with Gasteiger partial charge in [0.05, 0.1) is 6.54 Å². The number of amides is 1. The average molecular weight is 419 g/mol. The van der Waals surface area contributed by atoms with Gasteiger partial charge < -0.3 is 20.3 Å². The van der Waals surface area contributed by atoms with E-state index in [0.29, 0.717) is 23.5 Å². The topological polar surface area (TPSA) is 114 Å². The van der Waals surface area contributed by atoms with Crippen LogP contribution in [0.2, 0.25) is 0 Å². The normalized spacial score (nSPS) is 16.4. The van der Waals surface area contributed by atoms with E-state index < -0.39 is 24.7 Å². The van der Waals surface area contributed by atoms with E-state index >= 15 is 0 Å². The molecule has 1 aliphatic rings. The zero-order chi connectivity index (χ0) is 21.8. The van der Waals surface area contributed by atoms with Crippen LogP contribution in [0.1, 0.15) is 5.56 Å². The van der Waals surface area contributed by atoms with Crippen LogP contribution in [-0.2, 0) is 9.53 Å². The number of ether oxygens (including phenoxy) is 2. The molecule has 1 amide bonds. The Morgan fingerprint density at radius 3 is 2.74 bits per heavy atom. The van der Waals surface area contributed by atoms with E-state index in [0.717, 1.165) is 10.8 Å². The van der Waals surface area contributed by atoms with Gasteiger partial charge in [0.15, 0.2) is 6.10 Å². The highest BCUT2D eigenvalue weighted by atomic mass is 16.6. The molecule has 158 valence electrons. The average Bonchev–Trinajstić information content (AvgIpc) is 3.16. The number of cyclic esters (lactones) is 1. The number of rotatable bonds is 7. The molecule has 0 aromatic heterocycles. The Kier molecular flexibility index (Phi) is 5.70. The Hall–Kier alpha value is -4.07. The minimum Gasteiger partial charge on any atom is -0.490 e. The van der Waals surface area contributed by atoms with Crippen LogP contribution in [0.5, 0.6) is 5.75 Å². The minimum atomic E-state index is -1.07. The summed E-state index contributed by atoms with van der Waals surface area (Å²) in [6, 6.07) is 20.7. The summed E-state index contributed by atoms with van der Waals surface area (Å²) in [6.07, 6.45) is -0.911. The SMILES string of the molecule is NC(=NCC(=O)O)c1cccc(N2CC(COc3ccc4ccccc4c3)OC2=O)c1. The maximum absolute atomic E-state index is 12.4. The first-order valence-corrected chi connectivity index (χ1v) is 9.71. The fourth-order valence-electron chi connectivity index (χ4n) is 3.34. The third-order valence-corrected chi connectivity index (χ3v) is 4.87. The smallest absolute Gasteiger partial charge is 0.414 e. The molecule has 8 nitrogen and oxygen atoms in total. The van der Waals surface area contributed by atoms with Gasteiger partial charge in [-0.3, -0.25) is 14.7 Å². The number of aliphatic carboxylic acids is 1. The number of aliphatic imine (C=N–C) groups is 1. The van der Waals surface area contributed by atoms with Gasteiger partial charge >= 0.3 is 12.1 Å². The summed E-state index contributed by atoms with van der Waals surface area (Å²) in [4.78, 5) is 28.4. The Morgan fingerprint density at radius 1 is 1.13 bits per heavy atom. The van der Waals surface area contributed by atoms with E-state index in [2.05, 4.69) is 4.99 Å². The van der Waals surface area contributed by atoms with Crippen molar-refractivity contribution in [3.63, 3.8) is 0 Å². The van der Waals surface area contributed by atoms with Crippen molar-refractivity contribution in [1.82, 2.24) is 0 Å². The molecule has 0 spiro atoms. The van der Waals surface area contributed by atoms with E-state index in [1.54, 1.807) is 24.3 Å². The van der Waals surface area contributed by atoms with E-state index in [1.165, 1.54) is 4.90 Å². The third-order valence-electron chi connectivity index (χ3n) is 4.87. The van der Waals surface area contributed by atoms with Gasteiger partial charge in [0, 0.05) is 11.3 Å². The molecule has 1 aliphatic heterocycles. The van der Waals surface area contributed by atoms with Crippen molar-refractivity contribution >= 4 is 34.4 Å². The summed E-state index contributed by atoms with van der Waals surface area (Å²) in [5.74, 6) is -0.276. The number of nitrogens with zero attached hydrogens (tertiary/aromatic N) is 2. The summed E-state index contributed by atoms with van der Waals surface area (Å²) in [7, 11) is 0. The lowest BCUT2D eigenvalue weighted by Crippen LogP contribution is -2.27. The molecule has 1 saturated heterocycles. The fraction of sp³-hybridized carbons (Fsp3) is 0.174. The van der Waals surface area contributed by atoms with Gasteiger partial charge in [0.25, 0.3) is 0 Å². The molecule has 1 fully saturated rings. The van der Waals surface area contributed by atoms with Crippen LogP contribution >= 0.6 is 0 Å². The Morgan fingerprint density at radius 2 is 1.94 bits per heavy atom. The van der Waals surface area contributed by atoms with Crippen LogP contribution in [-0.4, -0.2) is 48.8 Å². The highest BCUT2D eigenvalue weighted by Gasteiger charge is 2.33. The summed E-state index contributed by atoms with van der Waals surface area (Å²) >= 11 is 0. The Balaban J connectivity index is 1.41. The molecular weight excluding hydrogens is 398 g/mol. The molecule has 0 saturated carbocycles. The predicted octanol–water partition coefficient (Wildman–Crippen LogP) is 3.03. The van der Waals surface area contributed by atoms with Crippen molar-refractivity contribution in [3.8, 4) is 5.75 Å². The predicted molar refractivity (Wildman–Crippen MR) is 117 cm³/mol. The van der Waals surface area contributed by atoms with Crippen LogP contribution in [0.25, 0.3) is 10.8 Å². The Labute approximate surface area is 178 Å². The van der Waals surface area contributed by atoms with Crippen molar-refractivity contribution in [2.24, 2.45) is 10.7 Å². The highest BCUT2D eigenvalue weighted by Crippen LogP contribution is 2.25. The maximum Gasteiger partial charge on any atom is 0.414 e. The minimum absolute atomic E-state index is 0.0907. The zero-order valence-corrected chi connectivity index (χ0v) is 16.6. The largest absolute Gasteiger partial charge is 0.490 e. The molecule has 31 heavy (non-hydrogen) atoms. The number of hydrogen-bond acceptors (Lipinski definition) is 5. The number of hydrogen-bond donors (Lipinski definition) is 2. The van der Waals surface area contributed by atoms with Crippen LogP contribution in [0.15, 0.2) is 71.7 Å². The van der Waals surface area contributed by atoms with Crippen LogP contribution < -0.4 is 15.4 Å². The lowest BCUT2D eigenvalue weighted by atomic mass is 10.1. The second-order valence-corrected chi connectivity index (χ2v) is 7.08. The van der Waals surface area contributed by atoms with Crippen LogP contribution in [0.3, 0.4) is 0 Å². The van der Waals surface area contributed by atoms with Gasteiger partial charge in [-0.2, -0.15) is 0 Å². The molecule has 4 rings (SSSR count). The number of carboxylic acids is 1. The molecular formula is C23H21N3O5. The molecule has 0 aliphatic carbocycles. The van der Waals surface area contributed by atoms with Crippen molar-refractivity contribution in [2.45, 2.75) is 6.10 Å². The molecule has 3 N–H and O–H groups in total. The van der Waals surface area contributed by atoms with Crippen molar-refractivity contribution < 1.29 is 24.2 Å². The molecule has 3 aromatic carbocycles. The number of anilines is 1. The molecule has 1 atom stereocenters. The first-order chi connectivity index (χ1) is 15.0. The summed E-state index contributed by atoms with van der Waals surface area (Å²) in [6.45, 7) is 0.126. The van der Waals surface area contributed by atoms with Crippen molar-refractivity contribution in [3.05, 3.63) is 72.3 Å². The summed E-state index contributed by atoms with van der Waals surface area (Å²) in [5, 5.41) is 10.9. The number of amidine groups is 1. The number of carbonyl (C=O) groups is 2. The van der Waals surface area contributed by atoms with E-state index in [4.69, 9.17) is 20.3 Å².